The summed E-state index contributed by atoms with van der Waals surface area (Å²) in [5.41, 5.74) is 0. The van der Waals surface area contributed by atoms with Crippen molar-refractivity contribution in [2.75, 3.05) is 24.3 Å². The lowest BCUT2D eigenvalue weighted by Gasteiger charge is -2.22. The van der Waals surface area contributed by atoms with Crippen LogP contribution in [0.25, 0.3) is 0 Å². The standard InChI is InChI=1S/C14H27N5O/c1-6-9-15-12-17-13(19-14(18-12)20-5)16-10(4)11(7-2)8-3/h10-11H,6-9H2,1-5H3,(H2,15,16,17,18,19). The highest BCUT2D eigenvalue weighted by Crippen LogP contribution is 2.18. The van der Waals surface area contributed by atoms with E-state index in [1.165, 1.54) is 0 Å². The van der Waals surface area contributed by atoms with Crippen LogP contribution in [-0.2, 0) is 0 Å². The molecule has 1 unspecified atom stereocenters. The predicted molar refractivity (Wildman–Crippen MR) is 82.3 cm³/mol. The first-order chi connectivity index (χ1) is 9.64. The molecule has 1 aromatic heterocycles. The second kappa shape index (κ2) is 8.55. The highest BCUT2D eigenvalue weighted by Gasteiger charge is 2.15. The van der Waals surface area contributed by atoms with Crippen LogP contribution in [0.15, 0.2) is 0 Å². The van der Waals surface area contributed by atoms with Gasteiger partial charge in [0.25, 0.3) is 0 Å². The van der Waals surface area contributed by atoms with Gasteiger partial charge in [0, 0.05) is 12.6 Å². The maximum atomic E-state index is 5.13. The van der Waals surface area contributed by atoms with Crippen LogP contribution in [0.5, 0.6) is 6.01 Å². The quantitative estimate of drug-likeness (QED) is 0.725. The minimum Gasteiger partial charge on any atom is -0.467 e. The Hall–Kier alpha value is -1.59. The van der Waals surface area contributed by atoms with Crippen molar-refractivity contribution in [1.82, 2.24) is 15.0 Å². The van der Waals surface area contributed by atoms with Crippen LogP contribution in [0.2, 0.25) is 0 Å². The summed E-state index contributed by atoms with van der Waals surface area (Å²) >= 11 is 0. The Bertz CT molecular complexity index is 395. The van der Waals surface area contributed by atoms with E-state index in [9.17, 15) is 0 Å². The molecule has 0 spiro atoms. The van der Waals surface area contributed by atoms with Gasteiger partial charge in [0.2, 0.25) is 11.9 Å². The van der Waals surface area contributed by atoms with Gasteiger partial charge in [-0.05, 0) is 19.3 Å². The maximum absolute atomic E-state index is 5.13. The zero-order valence-corrected chi connectivity index (χ0v) is 13.2. The van der Waals surface area contributed by atoms with E-state index in [2.05, 4.69) is 53.3 Å². The predicted octanol–water partition coefficient (Wildman–Crippen LogP) is 2.94. The van der Waals surface area contributed by atoms with E-state index in [0.29, 0.717) is 29.9 Å². The van der Waals surface area contributed by atoms with Crippen molar-refractivity contribution in [3.05, 3.63) is 0 Å². The van der Waals surface area contributed by atoms with Gasteiger partial charge in [-0.25, -0.2) is 0 Å². The summed E-state index contributed by atoms with van der Waals surface area (Å²) in [6.45, 7) is 9.49. The Morgan fingerprint density at radius 3 is 2.25 bits per heavy atom. The van der Waals surface area contributed by atoms with Crippen LogP contribution >= 0.6 is 0 Å². The number of anilines is 2. The Morgan fingerprint density at radius 2 is 1.70 bits per heavy atom. The van der Waals surface area contributed by atoms with Crippen LogP contribution in [0.4, 0.5) is 11.9 Å². The van der Waals surface area contributed by atoms with Crippen LogP contribution in [0.1, 0.15) is 47.0 Å². The smallest absolute Gasteiger partial charge is 0.322 e. The number of hydrogen-bond acceptors (Lipinski definition) is 6. The second-order valence-electron chi connectivity index (χ2n) is 4.91. The Labute approximate surface area is 121 Å². The fourth-order valence-electron chi connectivity index (χ4n) is 2.15. The second-order valence-corrected chi connectivity index (χ2v) is 4.91. The molecule has 0 aliphatic carbocycles. The molecular formula is C14H27N5O. The third-order valence-electron chi connectivity index (χ3n) is 3.44. The number of aromatic nitrogens is 3. The SMILES string of the molecule is CCCNc1nc(NC(C)C(CC)CC)nc(OC)n1. The van der Waals surface area contributed by atoms with Gasteiger partial charge in [-0.1, -0.05) is 33.6 Å². The molecule has 0 bridgehead atoms. The zero-order chi connectivity index (χ0) is 15.0. The summed E-state index contributed by atoms with van der Waals surface area (Å²) in [7, 11) is 1.56. The number of methoxy groups -OCH3 is 1. The molecule has 0 radical (unpaired) electrons. The molecule has 0 amide bonds. The fourth-order valence-corrected chi connectivity index (χ4v) is 2.15. The number of ether oxygens (including phenoxy) is 1. The molecule has 0 saturated heterocycles. The van der Waals surface area contributed by atoms with Gasteiger partial charge in [0.05, 0.1) is 7.11 Å². The van der Waals surface area contributed by atoms with Gasteiger partial charge < -0.3 is 15.4 Å². The molecule has 0 fully saturated rings. The van der Waals surface area contributed by atoms with Crippen molar-refractivity contribution in [3.8, 4) is 6.01 Å². The normalized spacial score (nSPS) is 12.3. The monoisotopic (exact) mass is 281 g/mol. The first-order valence-electron chi connectivity index (χ1n) is 7.44. The lowest BCUT2D eigenvalue weighted by Crippen LogP contribution is -2.26. The molecule has 2 N–H and O–H groups in total. The minimum atomic E-state index is 0.316. The van der Waals surface area contributed by atoms with Gasteiger partial charge in [-0.2, -0.15) is 15.0 Å². The average molecular weight is 281 g/mol. The Kier molecular flexibility index (Phi) is 7.04. The lowest BCUT2D eigenvalue weighted by atomic mass is 9.96. The molecule has 1 atom stereocenters. The van der Waals surface area contributed by atoms with Crippen LogP contribution < -0.4 is 15.4 Å². The topological polar surface area (TPSA) is 72.0 Å². The first-order valence-corrected chi connectivity index (χ1v) is 7.44. The zero-order valence-electron chi connectivity index (χ0n) is 13.2. The van der Waals surface area contributed by atoms with E-state index < -0.39 is 0 Å². The number of nitrogens with one attached hydrogen (secondary N) is 2. The lowest BCUT2D eigenvalue weighted by molar-refractivity contribution is 0.378. The molecule has 114 valence electrons. The van der Waals surface area contributed by atoms with Crippen LogP contribution in [-0.4, -0.2) is 34.6 Å². The van der Waals surface area contributed by atoms with Crippen molar-refractivity contribution in [2.24, 2.45) is 5.92 Å². The van der Waals surface area contributed by atoms with Crippen molar-refractivity contribution >= 4 is 11.9 Å². The largest absolute Gasteiger partial charge is 0.467 e. The van der Waals surface area contributed by atoms with Crippen molar-refractivity contribution in [3.63, 3.8) is 0 Å². The molecule has 20 heavy (non-hydrogen) atoms. The number of hydrogen-bond donors (Lipinski definition) is 2. The van der Waals surface area contributed by atoms with Crippen LogP contribution in [0, 0.1) is 5.92 Å². The molecular weight excluding hydrogens is 254 g/mol. The Morgan fingerprint density at radius 1 is 1.05 bits per heavy atom. The molecule has 0 aromatic carbocycles. The van der Waals surface area contributed by atoms with Crippen molar-refractivity contribution in [1.29, 1.82) is 0 Å². The highest BCUT2D eigenvalue weighted by atomic mass is 16.5. The van der Waals surface area contributed by atoms with Crippen molar-refractivity contribution in [2.45, 2.75) is 53.0 Å². The summed E-state index contributed by atoms with van der Waals surface area (Å²) in [4.78, 5) is 12.8. The summed E-state index contributed by atoms with van der Waals surface area (Å²) in [6.07, 6.45) is 3.28. The third kappa shape index (κ3) is 4.83. The summed E-state index contributed by atoms with van der Waals surface area (Å²) in [5, 5.41) is 6.51. The molecule has 6 nitrogen and oxygen atoms in total. The van der Waals surface area contributed by atoms with Gasteiger partial charge >= 0.3 is 6.01 Å². The molecule has 1 aromatic rings. The van der Waals surface area contributed by atoms with Crippen LogP contribution in [0.3, 0.4) is 0 Å². The van der Waals surface area contributed by atoms with Gasteiger partial charge in [0.1, 0.15) is 0 Å². The molecule has 1 heterocycles. The molecule has 0 saturated carbocycles. The summed E-state index contributed by atoms with van der Waals surface area (Å²) in [5.74, 6) is 1.72. The molecule has 0 aliphatic rings. The summed E-state index contributed by atoms with van der Waals surface area (Å²) in [6, 6.07) is 0.647. The van der Waals surface area contributed by atoms with E-state index in [1.54, 1.807) is 7.11 Å². The highest BCUT2D eigenvalue weighted by molar-refractivity contribution is 5.36. The molecule has 0 aliphatic heterocycles. The van der Waals surface area contributed by atoms with E-state index >= 15 is 0 Å². The van der Waals surface area contributed by atoms with Gasteiger partial charge in [-0.15, -0.1) is 0 Å². The van der Waals surface area contributed by atoms with Crippen molar-refractivity contribution < 1.29 is 4.74 Å². The van der Waals surface area contributed by atoms with E-state index in [1.807, 2.05) is 0 Å². The summed E-state index contributed by atoms with van der Waals surface area (Å²) < 4.78 is 5.13. The van der Waals surface area contributed by atoms with Gasteiger partial charge in [-0.3, -0.25) is 0 Å². The third-order valence-corrected chi connectivity index (χ3v) is 3.44. The number of rotatable bonds is 9. The number of nitrogens with zero attached hydrogens (tertiary/aromatic N) is 3. The molecule has 6 heteroatoms. The first kappa shape index (κ1) is 16.5. The van der Waals surface area contributed by atoms with E-state index in [4.69, 9.17) is 4.74 Å². The van der Waals surface area contributed by atoms with E-state index in [0.717, 1.165) is 25.8 Å². The van der Waals surface area contributed by atoms with Gasteiger partial charge in [0.15, 0.2) is 0 Å². The fraction of sp³-hybridized carbons (Fsp3) is 0.786. The van der Waals surface area contributed by atoms with E-state index in [-0.39, 0.29) is 0 Å². The molecule has 1 rings (SSSR count). The minimum absolute atomic E-state index is 0.316. The average Bonchev–Trinajstić information content (AvgIpc) is 2.46. The Balaban J connectivity index is 2.82. The maximum Gasteiger partial charge on any atom is 0.322 e.